The fourth-order valence-corrected chi connectivity index (χ4v) is 8.57. The van der Waals surface area contributed by atoms with Gasteiger partial charge in [-0.1, -0.05) is 167 Å². The molecule has 1 unspecified atom stereocenters. The largest absolute Gasteiger partial charge is 0.333 e. The Kier molecular flexibility index (Phi) is 8.82. The van der Waals surface area contributed by atoms with Gasteiger partial charge in [-0.05, 0) is 76.1 Å². The van der Waals surface area contributed by atoms with Crippen molar-refractivity contribution < 1.29 is 0 Å². The molecule has 2 aliphatic carbocycles. The first-order chi connectivity index (χ1) is 27.0. The van der Waals surface area contributed by atoms with Crippen LogP contribution in [0.1, 0.15) is 57.2 Å². The van der Waals surface area contributed by atoms with Crippen molar-refractivity contribution in [3.8, 4) is 56.4 Å². The highest BCUT2D eigenvalue weighted by Gasteiger charge is 2.41. The number of hydrogen-bond donors (Lipinski definition) is 0. The van der Waals surface area contributed by atoms with Crippen LogP contribution >= 0.6 is 0 Å². The van der Waals surface area contributed by atoms with Crippen LogP contribution in [0.15, 0.2) is 164 Å². The second-order valence-electron chi connectivity index (χ2n) is 14.8. The van der Waals surface area contributed by atoms with Crippen molar-refractivity contribution in [2.45, 2.75) is 52.0 Å². The van der Waals surface area contributed by atoms with Gasteiger partial charge in [0.15, 0.2) is 17.5 Å². The van der Waals surface area contributed by atoms with Crippen LogP contribution in [0, 0.1) is 0 Å². The van der Waals surface area contributed by atoms with E-state index in [1.807, 2.05) is 38.1 Å². The van der Waals surface area contributed by atoms with Crippen LogP contribution in [0.4, 0.5) is 11.4 Å². The lowest BCUT2D eigenvalue weighted by atomic mass is 9.81. The van der Waals surface area contributed by atoms with Crippen molar-refractivity contribution >= 4 is 16.9 Å². The topological polar surface area (TPSA) is 41.9 Å². The van der Waals surface area contributed by atoms with E-state index in [4.69, 9.17) is 15.0 Å². The van der Waals surface area contributed by atoms with Crippen molar-refractivity contribution in [2.24, 2.45) is 0 Å². The maximum absolute atomic E-state index is 5.14. The smallest absolute Gasteiger partial charge is 0.164 e. The Morgan fingerprint density at radius 1 is 0.527 bits per heavy atom. The summed E-state index contributed by atoms with van der Waals surface area (Å²) < 4.78 is 0. The lowest BCUT2D eigenvalue weighted by Crippen LogP contribution is -2.26. The van der Waals surface area contributed by atoms with Gasteiger partial charge >= 0.3 is 0 Å². The van der Waals surface area contributed by atoms with Gasteiger partial charge < -0.3 is 4.90 Å². The van der Waals surface area contributed by atoms with Gasteiger partial charge in [-0.2, -0.15) is 0 Å². The highest BCUT2D eigenvalue weighted by Crippen LogP contribution is 2.55. The van der Waals surface area contributed by atoms with Gasteiger partial charge in [0.05, 0.1) is 6.04 Å². The SMILES string of the molecule is CC.CC1(C)c2ccccc2-c2cc3c(cc21)C1=CC=CCCC1N3c1cccc(-c2nc(-c3ccccc3)nc(-c3ccc(-c4ccccc4)cc3)n2)c1. The Hall–Kier alpha value is -6.39. The summed E-state index contributed by atoms with van der Waals surface area (Å²) in [6.45, 7) is 8.73. The quantitative estimate of drug-likeness (QED) is 0.178. The Morgan fingerprint density at radius 2 is 1.11 bits per heavy atom. The first kappa shape index (κ1) is 34.4. The summed E-state index contributed by atoms with van der Waals surface area (Å²) in [5, 5.41) is 0. The van der Waals surface area contributed by atoms with E-state index in [9.17, 15) is 0 Å². The molecule has 268 valence electrons. The van der Waals surface area contributed by atoms with E-state index in [0.717, 1.165) is 40.8 Å². The molecule has 0 saturated carbocycles. The van der Waals surface area contributed by atoms with E-state index >= 15 is 0 Å². The molecule has 1 atom stereocenters. The van der Waals surface area contributed by atoms with Gasteiger partial charge in [-0.15, -0.1) is 0 Å². The van der Waals surface area contributed by atoms with Crippen molar-refractivity contribution in [2.75, 3.05) is 4.90 Å². The molecule has 0 fully saturated rings. The molecule has 0 N–H and O–H groups in total. The van der Waals surface area contributed by atoms with Crippen LogP contribution in [-0.4, -0.2) is 21.0 Å². The summed E-state index contributed by atoms with van der Waals surface area (Å²) in [7, 11) is 0. The number of aromatic nitrogens is 3. The predicted molar refractivity (Wildman–Crippen MR) is 229 cm³/mol. The van der Waals surface area contributed by atoms with Gasteiger partial charge in [-0.25, -0.2) is 15.0 Å². The zero-order valence-electron chi connectivity index (χ0n) is 31.9. The monoisotopic (exact) mass is 712 g/mol. The first-order valence-electron chi connectivity index (χ1n) is 19.6. The Bertz CT molecular complexity index is 2580. The maximum Gasteiger partial charge on any atom is 0.164 e. The lowest BCUT2D eigenvalue weighted by molar-refractivity contribution is 0.660. The van der Waals surface area contributed by atoms with E-state index in [0.29, 0.717) is 17.5 Å². The normalized spacial score (nSPS) is 15.8. The number of anilines is 2. The molecule has 10 rings (SSSR count). The molecular formula is C51H44N4. The highest BCUT2D eigenvalue weighted by atomic mass is 15.2. The maximum atomic E-state index is 5.14. The zero-order chi connectivity index (χ0) is 37.5. The molecule has 2 heterocycles. The summed E-state index contributed by atoms with van der Waals surface area (Å²) >= 11 is 0. The molecule has 0 spiro atoms. The molecule has 4 nitrogen and oxygen atoms in total. The number of fused-ring (bicyclic) bond motifs is 6. The molecular weight excluding hydrogens is 669 g/mol. The Labute approximate surface area is 324 Å². The van der Waals surface area contributed by atoms with Gasteiger partial charge in [0, 0.05) is 39.0 Å². The minimum atomic E-state index is -0.0559. The molecule has 7 aromatic rings. The standard InChI is InChI=1S/C49H38N4.C2H6/c1-49(2)42-23-13-12-21-38(42)40-31-45-41(30-43(40)49)39-22-10-5-11-24-44(39)53(45)37-20-14-19-36(29-37)48-51-46(34-17-8-4-9-18-34)50-47(52-48)35-27-25-33(26-28-35)32-15-6-3-7-16-32;1-2/h3-10,12-23,25-31,44H,11,24H2,1-2H3;1-2H3. The fraction of sp³-hybridized carbons (Fsp3) is 0.157. The van der Waals surface area contributed by atoms with Gasteiger partial charge in [0.25, 0.3) is 0 Å². The van der Waals surface area contributed by atoms with Crippen molar-refractivity contribution in [3.63, 3.8) is 0 Å². The van der Waals surface area contributed by atoms with Gasteiger partial charge in [0.1, 0.15) is 0 Å². The van der Waals surface area contributed by atoms with Crippen LogP contribution in [0.5, 0.6) is 0 Å². The van der Waals surface area contributed by atoms with Crippen molar-refractivity contribution in [3.05, 3.63) is 181 Å². The van der Waals surface area contributed by atoms with Gasteiger partial charge in [0.2, 0.25) is 0 Å². The summed E-state index contributed by atoms with van der Waals surface area (Å²) in [6, 6.07) is 52.0. The number of benzene rings is 6. The predicted octanol–water partition coefficient (Wildman–Crippen LogP) is 13.1. The average Bonchev–Trinajstić information content (AvgIpc) is 3.52. The fourth-order valence-electron chi connectivity index (χ4n) is 8.57. The van der Waals surface area contributed by atoms with E-state index in [2.05, 4.69) is 158 Å². The third-order valence-electron chi connectivity index (χ3n) is 11.3. The molecule has 0 amide bonds. The second-order valence-corrected chi connectivity index (χ2v) is 14.8. The van der Waals surface area contributed by atoms with Crippen LogP contribution in [0.25, 0.3) is 62.0 Å². The number of nitrogens with zero attached hydrogens (tertiary/aromatic N) is 4. The van der Waals surface area contributed by atoms with Crippen molar-refractivity contribution in [1.29, 1.82) is 0 Å². The number of rotatable bonds is 5. The summed E-state index contributed by atoms with van der Waals surface area (Å²) in [5.41, 5.74) is 15.8. The lowest BCUT2D eigenvalue weighted by Gasteiger charge is -2.28. The average molecular weight is 713 g/mol. The molecule has 0 bridgehead atoms. The molecule has 4 heteroatoms. The first-order valence-corrected chi connectivity index (χ1v) is 19.6. The third-order valence-corrected chi connectivity index (χ3v) is 11.3. The van der Waals surface area contributed by atoms with Gasteiger partial charge in [-0.3, -0.25) is 0 Å². The molecule has 55 heavy (non-hydrogen) atoms. The van der Waals surface area contributed by atoms with Crippen LogP contribution < -0.4 is 4.90 Å². The van der Waals surface area contributed by atoms with Crippen LogP contribution in [-0.2, 0) is 5.41 Å². The highest BCUT2D eigenvalue weighted by molar-refractivity contribution is 5.97. The van der Waals surface area contributed by atoms with E-state index < -0.39 is 0 Å². The Morgan fingerprint density at radius 3 is 1.84 bits per heavy atom. The minimum absolute atomic E-state index is 0.0559. The van der Waals surface area contributed by atoms with Crippen LogP contribution in [0.2, 0.25) is 0 Å². The molecule has 6 aromatic carbocycles. The molecule has 0 saturated heterocycles. The Balaban J connectivity index is 0.00000195. The molecule has 3 aliphatic rings. The van der Waals surface area contributed by atoms with Crippen LogP contribution in [0.3, 0.4) is 0 Å². The van der Waals surface area contributed by atoms with E-state index in [1.54, 1.807) is 0 Å². The van der Waals surface area contributed by atoms with E-state index in [1.165, 1.54) is 44.6 Å². The molecule has 1 aromatic heterocycles. The third kappa shape index (κ3) is 5.99. The van der Waals surface area contributed by atoms with Crippen molar-refractivity contribution in [1.82, 2.24) is 15.0 Å². The zero-order valence-corrected chi connectivity index (χ0v) is 31.9. The molecule has 1 aliphatic heterocycles. The summed E-state index contributed by atoms with van der Waals surface area (Å²) in [4.78, 5) is 17.8. The minimum Gasteiger partial charge on any atom is -0.333 e. The summed E-state index contributed by atoms with van der Waals surface area (Å²) in [5.74, 6) is 1.97. The second kappa shape index (κ2) is 14.1. The molecule has 0 radical (unpaired) electrons. The number of hydrogen-bond acceptors (Lipinski definition) is 4. The van der Waals surface area contributed by atoms with E-state index in [-0.39, 0.29) is 11.5 Å². The number of allylic oxidation sites excluding steroid dienone is 3. The summed E-state index contributed by atoms with van der Waals surface area (Å²) in [6.07, 6.45) is 8.96.